The van der Waals surface area contributed by atoms with Crippen LogP contribution in [-0.2, 0) is 11.0 Å². The van der Waals surface area contributed by atoms with Crippen molar-refractivity contribution in [1.82, 2.24) is 15.1 Å². The van der Waals surface area contributed by atoms with Crippen LogP contribution in [0.3, 0.4) is 0 Å². The number of nitro groups is 1. The van der Waals surface area contributed by atoms with Crippen molar-refractivity contribution < 1.29 is 27.7 Å². The van der Waals surface area contributed by atoms with Crippen molar-refractivity contribution >= 4 is 23.1 Å². The molecule has 3 rings (SSSR count). The van der Waals surface area contributed by atoms with Crippen molar-refractivity contribution in [2.45, 2.75) is 20.0 Å². The van der Waals surface area contributed by atoms with Crippen molar-refractivity contribution in [1.29, 1.82) is 0 Å². The number of hydrogen-bond acceptors (Lipinski definition) is 6. The molecule has 0 bridgehead atoms. The van der Waals surface area contributed by atoms with Gasteiger partial charge in [0.2, 0.25) is 0 Å². The van der Waals surface area contributed by atoms with E-state index < -0.39 is 34.0 Å². The zero-order chi connectivity index (χ0) is 25.0. The predicted octanol–water partition coefficient (Wildman–Crippen LogP) is 3.83. The van der Waals surface area contributed by atoms with E-state index in [0.717, 1.165) is 11.8 Å². The monoisotopic (exact) mass is 475 g/mol. The number of para-hydroxylation sites is 1. The number of aromatic nitrogens is 2. The number of aryl methyl sites for hydroxylation is 1. The minimum atomic E-state index is -4.72. The van der Waals surface area contributed by atoms with E-state index in [0.29, 0.717) is 23.5 Å². The van der Waals surface area contributed by atoms with Gasteiger partial charge in [0.15, 0.2) is 0 Å². The molecular formula is C22H20F3N5O4. The molecule has 0 radical (unpaired) electrons. The standard InChI is InChI=1S/C22H20F3N5O4/c1-13-19(14(2)29(28-13)16-6-4-3-5-7-16)20(31)21(32)27-11-10-26-17-9-8-15(22(23,24)25)12-18(17)30(33)34/h3-9,12,26H,10-11H2,1-2H3,(H,27,32). The van der Waals surface area contributed by atoms with E-state index in [-0.39, 0.29) is 24.3 Å². The highest BCUT2D eigenvalue weighted by Gasteiger charge is 2.33. The SMILES string of the molecule is Cc1nn(-c2ccccc2)c(C)c1C(=O)C(=O)NCCNc1ccc(C(F)(F)F)cc1[N+](=O)[O-]. The number of carbonyl (C=O) groups is 2. The van der Waals surface area contributed by atoms with E-state index in [4.69, 9.17) is 0 Å². The number of benzene rings is 2. The summed E-state index contributed by atoms with van der Waals surface area (Å²) >= 11 is 0. The Balaban J connectivity index is 1.64. The van der Waals surface area contributed by atoms with Crippen LogP contribution in [0.4, 0.5) is 24.5 Å². The lowest BCUT2D eigenvalue weighted by molar-refractivity contribution is -0.384. The average Bonchev–Trinajstić information content (AvgIpc) is 3.09. The Morgan fingerprint density at radius 2 is 1.76 bits per heavy atom. The van der Waals surface area contributed by atoms with E-state index >= 15 is 0 Å². The van der Waals surface area contributed by atoms with Gasteiger partial charge in [-0.15, -0.1) is 0 Å². The number of carbonyl (C=O) groups excluding carboxylic acids is 2. The molecule has 1 heterocycles. The van der Waals surface area contributed by atoms with E-state index in [1.165, 1.54) is 0 Å². The number of nitrogens with one attached hydrogen (secondary N) is 2. The Hall–Kier alpha value is -4.22. The topological polar surface area (TPSA) is 119 Å². The third-order valence-corrected chi connectivity index (χ3v) is 4.97. The lowest BCUT2D eigenvalue weighted by atomic mass is 10.1. The van der Waals surface area contributed by atoms with Gasteiger partial charge in [0.05, 0.1) is 33.1 Å². The molecule has 0 spiro atoms. The van der Waals surface area contributed by atoms with Gasteiger partial charge in [-0.05, 0) is 38.1 Å². The smallest absolute Gasteiger partial charge is 0.378 e. The highest BCUT2D eigenvalue weighted by atomic mass is 19.4. The zero-order valence-corrected chi connectivity index (χ0v) is 18.1. The van der Waals surface area contributed by atoms with Gasteiger partial charge in [0, 0.05) is 19.2 Å². The molecule has 0 aliphatic carbocycles. The lowest BCUT2D eigenvalue weighted by Gasteiger charge is -2.11. The van der Waals surface area contributed by atoms with Crippen LogP contribution in [-0.4, -0.2) is 39.5 Å². The van der Waals surface area contributed by atoms with Crippen LogP contribution >= 0.6 is 0 Å². The number of halogens is 3. The third-order valence-electron chi connectivity index (χ3n) is 4.97. The van der Waals surface area contributed by atoms with Crippen LogP contribution < -0.4 is 10.6 Å². The molecular weight excluding hydrogens is 455 g/mol. The maximum Gasteiger partial charge on any atom is 0.416 e. The van der Waals surface area contributed by atoms with Gasteiger partial charge in [-0.1, -0.05) is 18.2 Å². The van der Waals surface area contributed by atoms with Crippen molar-refractivity contribution in [3.05, 3.63) is 81.2 Å². The second-order valence-corrected chi connectivity index (χ2v) is 7.29. The minimum Gasteiger partial charge on any atom is -0.378 e. The maximum atomic E-state index is 12.8. The highest BCUT2D eigenvalue weighted by Crippen LogP contribution is 2.34. The summed E-state index contributed by atoms with van der Waals surface area (Å²) in [4.78, 5) is 35.3. The van der Waals surface area contributed by atoms with Crippen LogP contribution in [0, 0.1) is 24.0 Å². The molecule has 2 aromatic carbocycles. The quantitative estimate of drug-likeness (QED) is 0.168. The number of Topliss-reactive ketones (excluding diaryl/α,β-unsaturated/α-hetero) is 1. The van der Waals surface area contributed by atoms with Crippen LogP contribution in [0.25, 0.3) is 5.69 Å². The minimum absolute atomic E-state index is 0.0630. The van der Waals surface area contributed by atoms with Crippen molar-refractivity contribution in [2.24, 2.45) is 0 Å². The number of anilines is 1. The summed E-state index contributed by atoms with van der Waals surface area (Å²) in [5.74, 6) is -1.69. The molecule has 3 aromatic rings. The summed E-state index contributed by atoms with van der Waals surface area (Å²) in [5, 5.41) is 20.5. The maximum absolute atomic E-state index is 12.8. The first kappa shape index (κ1) is 24.4. The van der Waals surface area contributed by atoms with Gasteiger partial charge >= 0.3 is 6.18 Å². The summed E-state index contributed by atoms with van der Waals surface area (Å²) in [7, 11) is 0. The fourth-order valence-corrected chi connectivity index (χ4v) is 3.37. The highest BCUT2D eigenvalue weighted by molar-refractivity contribution is 6.43. The summed E-state index contributed by atoms with van der Waals surface area (Å²) in [5.41, 5.74) is -0.295. The second kappa shape index (κ2) is 9.73. The molecule has 2 N–H and O–H groups in total. The molecule has 0 saturated heterocycles. The summed E-state index contributed by atoms with van der Waals surface area (Å²) in [6, 6.07) is 11.2. The Kier molecular flexibility index (Phi) is 6.99. The number of hydrogen-bond donors (Lipinski definition) is 2. The van der Waals surface area contributed by atoms with Crippen LogP contribution in [0.1, 0.15) is 27.3 Å². The molecule has 0 atom stereocenters. The van der Waals surface area contributed by atoms with Gasteiger partial charge < -0.3 is 10.6 Å². The molecule has 9 nitrogen and oxygen atoms in total. The Morgan fingerprint density at radius 3 is 2.38 bits per heavy atom. The van der Waals surface area contributed by atoms with Crippen LogP contribution in [0.15, 0.2) is 48.5 Å². The largest absolute Gasteiger partial charge is 0.416 e. The van der Waals surface area contributed by atoms with E-state index in [1.807, 2.05) is 18.2 Å². The van der Waals surface area contributed by atoms with E-state index in [9.17, 15) is 32.9 Å². The van der Waals surface area contributed by atoms with Gasteiger partial charge in [0.25, 0.3) is 17.4 Å². The van der Waals surface area contributed by atoms with Crippen molar-refractivity contribution in [3.63, 3.8) is 0 Å². The van der Waals surface area contributed by atoms with Gasteiger partial charge in [0.1, 0.15) is 5.69 Å². The molecule has 1 amide bonds. The molecule has 0 aliphatic heterocycles. The normalized spacial score (nSPS) is 11.2. The Morgan fingerprint density at radius 1 is 1.09 bits per heavy atom. The summed E-state index contributed by atoms with van der Waals surface area (Å²) in [6.07, 6.45) is -4.72. The molecule has 178 valence electrons. The predicted molar refractivity (Wildman–Crippen MR) is 117 cm³/mol. The van der Waals surface area contributed by atoms with Crippen molar-refractivity contribution in [3.8, 4) is 5.69 Å². The first-order valence-corrected chi connectivity index (χ1v) is 10.0. The number of rotatable bonds is 8. The van der Waals surface area contributed by atoms with Gasteiger partial charge in [-0.25, -0.2) is 4.68 Å². The molecule has 12 heteroatoms. The number of ketones is 1. The molecule has 34 heavy (non-hydrogen) atoms. The molecule has 0 aliphatic rings. The Labute approximate surface area is 191 Å². The third kappa shape index (κ3) is 5.22. The van der Waals surface area contributed by atoms with Gasteiger partial charge in [-0.2, -0.15) is 18.3 Å². The number of nitrogens with zero attached hydrogens (tertiary/aromatic N) is 3. The fraction of sp³-hybridized carbons (Fsp3) is 0.227. The van der Waals surface area contributed by atoms with Crippen molar-refractivity contribution in [2.75, 3.05) is 18.4 Å². The molecule has 1 aromatic heterocycles. The summed E-state index contributed by atoms with van der Waals surface area (Å²) < 4.78 is 40.0. The molecule has 0 unspecified atom stereocenters. The van der Waals surface area contributed by atoms with E-state index in [2.05, 4.69) is 15.7 Å². The second-order valence-electron chi connectivity index (χ2n) is 7.29. The number of amides is 1. The molecule has 0 fully saturated rings. The van der Waals surface area contributed by atoms with E-state index in [1.54, 1.807) is 30.7 Å². The van der Waals surface area contributed by atoms with Gasteiger partial charge in [-0.3, -0.25) is 19.7 Å². The number of alkyl halides is 3. The molecule has 0 saturated carbocycles. The lowest BCUT2D eigenvalue weighted by Crippen LogP contribution is -2.35. The number of nitro benzene ring substituents is 1. The average molecular weight is 475 g/mol. The Bertz CT molecular complexity index is 1240. The summed E-state index contributed by atoms with van der Waals surface area (Å²) in [6.45, 7) is 3.11. The van der Waals surface area contributed by atoms with Crippen LogP contribution in [0.2, 0.25) is 0 Å². The first-order chi connectivity index (χ1) is 16.0. The van der Waals surface area contributed by atoms with Crippen LogP contribution in [0.5, 0.6) is 0 Å². The fourth-order valence-electron chi connectivity index (χ4n) is 3.37. The zero-order valence-electron chi connectivity index (χ0n) is 18.1. The first-order valence-electron chi connectivity index (χ1n) is 10.0.